The lowest BCUT2D eigenvalue weighted by molar-refractivity contribution is -0.118. The van der Waals surface area contributed by atoms with Crippen molar-refractivity contribution in [2.75, 3.05) is 11.5 Å². The molecule has 0 radical (unpaired) electrons. The van der Waals surface area contributed by atoms with Crippen LogP contribution in [0.1, 0.15) is 23.2 Å². The van der Waals surface area contributed by atoms with E-state index in [4.69, 9.17) is 23.2 Å². The van der Waals surface area contributed by atoms with Crippen molar-refractivity contribution in [3.05, 3.63) is 33.8 Å². The Morgan fingerprint density at radius 1 is 1.26 bits per heavy atom. The zero-order valence-electron chi connectivity index (χ0n) is 10.1. The van der Waals surface area contributed by atoms with Gasteiger partial charge in [-0.25, -0.2) is 0 Å². The van der Waals surface area contributed by atoms with Crippen LogP contribution in [0.15, 0.2) is 18.2 Å². The van der Waals surface area contributed by atoms with E-state index >= 15 is 0 Å². The number of carbonyl (C=O) groups is 2. The van der Waals surface area contributed by atoms with Crippen molar-refractivity contribution in [3.8, 4) is 0 Å². The summed E-state index contributed by atoms with van der Waals surface area (Å²) < 4.78 is 0. The summed E-state index contributed by atoms with van der Waals surface area (Å²) in [5.41, 5.74) is 0.446. The van der Waals surface area contributed by atoms with Crippen LogP contribution in [0.4, 0.5) is 0 Å². The Hall–Kier alpha value is -0.710. The summed E-state index contributed by atoms with van der Waals surface area (Å²) >= 11 is 13.0. The van der Waals surface area contributed by atoms with Crippen LogP contribution >= 0.6 is 35.0 Å². The van der Waals surface area contributed by atoms with Gasteiger partial charge in [0, 0.05) is 16.6 Å². The van der Waals surface area contributed by atoms with Crippen LogP contribution in [-0.2, 0) is 4.79 Å². The third-order valence-electron chi connectivity index (χ3n) is 2.64. The lowest BCUT2D eigenvalue weighted by atomic mass is 10.1. The predicted molar refractivity (Wildman–Crippen MR) is 79.3 cm³/mol. The summed E-state index contributed by atoms with van der Waals surface area (Å²) in [6, 6.07) is 5.14. The lowest BCUT2D eigenvalue weighted by Gasteiger charge is -2.05. The summed E-state index contributed by atoms with van der Waals surface area (Å²) in [6.45, 7) is 0. The van der Waals surface area contributed by atoms with Crippen LogP contribution in [0.3, 0.4) is 0 Å². The number of hydrogen-bond acceptors (Lipinski definition) is 3. The molecule has 1 aliphatic rings. The van der Waals surface area contributed by atoms with Gasteiger partial charge in [-0.15, -0.1) is 11.8 Å². The van der Waals surface area contributed by atoms with E-state index in [-0.39, 0.29) is 17.4 Å². The average molecular weight is 318 g/mol. The Balaban J connectivity index is 1.78. The summed E-state index contributed by atoms with van der Waals surface area (Å²) in [4.78, 5) is 23.3. The van der Waals surface area contributed by atoms with Crippen molar-refractivity contribution < 1.29 is 9.59 Å². The maximum Gasteiger partial charge on any atom is 0.230 e. The van der Waals surface area contributed by atoms with Crippen molar-refractivity contribution >= 4 is 46.7 Å². The quantitative estimate of drug-likeness (QED) is 0.820. The number of amides is 1. The first-order chi connectivity index (χ1) is 9.06. The summed E-state index contributed by atoms with van der Waals surface area (Å²) in [6.07, 6.45) is 2.13. The van der Waals surface area contributed by atoms with E-state index in [1.807, 2.05) is 0 Å². The van der Waals surface area contributed by atoms with Crippen molar-refractivity contribution in [2.45, 2.75) is 18.9 Å². The number of nitrogens with one attached hydrogen (secondary N) is 1. The first-order valence-corrected chi connectivity index (χ1v) is 7.82. The second-order valence-corrected chi connectivity index (χ2v) is 6.21. The maximum absolute atomic E-state index is 11.9. The number of hydrogen-bond donors (Lipinski definition) is 1. The van der Waals surface area contributed by atoms with Crippen LogP contribution in [0.5, 0.6) is 0 Å². The highest BCUT2D eigenvalue weighted by Gasteiger charge is 2.23. The lowest BCUT2D eigenvalue weighted by Crippen LogP contribution is -2.27. The first-order valence-electron chi connectivity index (χ1n) is 5.91. The maximum atomic E-state index is 11.9. The van der Waals surface area contributed by atoms with Gasteiger partial charge in [0.05, 0.1) is 16.5 Å². The average Bonchev–Trinajstić information content (AvgIpc) is 3.12. The molecule has 0 spiro atoms. The van der Waals surface area contributed by atoms with Gasteiger partial charge in [-0.05, 0) is 31.0 Å². The standard InChI is InChI=1S/C13H13Cl2NO2S/c14-8-1-4-10(11(15)5-8)12(17)6-19-7-13(18)16-9-2-3-9/h1,4-5,9H,2-3,6-7H2,(H,16,18). The van der Waals surface area contributed by atoms with Gasteiger partial charge in [-0.1, -0.05) is 23.2 Å². The Labute approximate surface area is 126 Å². The normalized spacial score (nSPS) is 14.2. The Morgan fingerprint density at radius 3 is 2.63 bits per heavy atom. The van der Waals surface area contributed by atoms with Crippen LogP contribution in [0.2, 0.25) is 10.0 Å². The summed E-state index contributed by atoms with van der Waals surface area (Å²) in [7, 11) is 0. The van der Waals surface area contributed by atoms with Crippen molar-refractivity contribution in [1.82, 2.24) is 5.32 Å². The van der Waals surface area contributed by atoms with Gasteiger partial charge < -0.3 is 5.32 Å². The molecule has 2 rings (SSSR count). The number of benzene rings is 1. The van der Waals surface area contributed by atoms with E-state index in [0.717, 1.165) is 12.8 Å². The molecule has 1 N–H and O–H groups in total. The third kappa shape index (κ3) is 4.71. The number of Topliss-reactive ketones (excluding diaryl/α,β-unsaturated/α-hetero) is 1. The van der Waals surface area contributed by atoms with Crippen LogP contribution in [0, 0.1) is 0 Å². The van der Waals surface area contributed by atoms with Gasteiger partial charge in [0.1, 0.15) is 0 Å². The van der Waals surface area contributed by atoms with Gasteiger partial charge in [-0.3, -0.25) is 9.59 Å². The van der Waals surface area contributed by atoms with Crippen LogP contribution in [-0.4, -0.2) is 29.2 Å². The Bertz CT molecular complexity index is 503. The molecule has 1 aromatic rings. The Kier molecular flexibility index (Phi) is 5.13. The van der Waals surface area contributed by atoms with Crippen molar-refractivity contribution in [1.29, 1.82) is 0 Å². The minimum absolute atomic E-state index is 0.0116. The van der Waals surface area contributed by atoms with E-state index < -0.39 is 0 Å². The highest BCUT2D eigenvalue weighted by Crippen LogP contribution is 2.22. The molecule has 0 heterocycles. The zero-order chi connectivity index (χ0) is 13.8. The van der Waals surface area contributed by atoms with Gasteiger partial charge in [0.15, 0.2) is 5.78 Å². The molecule has 1 aromatic carbocycles. The van der Waals surface area contributed by atoms with Gasteiger partial charge >= 0.3 is 0 Å². The van der Waals surface area contributed by atoms with E-state index in [1.54, 1.807) is 18.2 Å². The van der Waals surface area contributed by atoms with Crippen molar-refractivity contribution in [3.63, 3.8) is 0 Å². The molecule has 0 aliphatic heterocycles. The fourth-order valence-corrected chi connectivity index (χ4v) is 2.75. The Morgan fingerprint density at radius 2 is 2.00 bits per heavy atom. The monoisotopic (exact) mass is 317 g/mol. The molecule has 1 fully saturated rings. The molecule has 0 saturated heterocycles. The highest BCUT2D eigenvalue weighted by atomic mass is 35.5. The van der Waals surface area contributed by atoms with Crippen molar-refractivity contribution in [2.24, 2.45) is 0 Å². The second-order valence-electron chi connectivity index (χ2n) is 4.38. The van der Waals surface area contributed by atoms with Gasteiger partial charge in [0.25, 0.3) is 0 Å². The summed E-state index contributed by atoms with van der Waals surface area (Å²) in [5, 5.41) is 3.72. The zero-order valence-corrected chi connectivity index (χ0v) is 12.4. The fraction of sp³-hybridized carbons (Fsp3) is 0.385. The van der Waals surface area contributed by atoms with Crippen LogP contribution in [0.25, 0.3) is 0 Å². The van der Waals surface area contributed by atoms with E-state index in [1.165, 1.54) is 11.8 Å². The first kappa shape index (κ1) is 14.7. The molecule has 1 amide bonds. The molecule has 3 nitrogen and oxygen atoms in total. The SMILES string of the molecule is O=C(CSCC(=O)c1ccc(Cl)cc1Cl)NC1CC1. The molecule has 0 bridgehead atoms. The molecule has 0 aromatic heterocycles. The number of carbonyl (C=O) groups excluding carboxylic acids is 2. The molecular formula is C13H13Cl2NO2S. The molecule has 1 saturated carbocycles. The molecule has 19 heavy (non-hydrogen) atoms. The largest absolute Gasteiger partial charge is 0.353 e. The molecule has 102 valence electrons. The molecular weight excluding hydrogens is 305 g/mol. The second kappa shape index (κ2) is 6.64. The topological polar surface area (TPSA) is 46.2 Å². The van der Waals surface area contributed by atoms with E-state index in [2.05, 4.69) is 5.32 Å². The summed E-state index contributed by atoms with van der Waals surface area (Å²) in [5.74, 6) is 0.431. The smallest absolute Gasteiger partial charge is 0.230 e. The highest BCUT2D eigenvalue weighted by molar-refractivity contribution is 8.00. The van der Waals surface area contributed by atoms with E-state index in [9.17, 15) is 9.59 Å². The number of thioether (sulfide) groups is 1. The van der Waals surface area contributed by atoms with Gasteiger partial charge in [0.2, 0.25) is 5.91 Å². The van der Waals surface area contributed by atoms with Gasteiger partial charge in [-0.2, -0.15) is 0 Å². The predicted octanol–water partition coefficient (Wildman–Crippen LogP) is 3.19. The minimum atomic E-state index is -0.0918. The number of halogens is 2. The molecule has 0 atom stereocenters. The number of rotatable bonds is 6. The molecule has 6 heteroatoms. The van der Waals surface area contributed by atoms with E-state index in [0.29, 0.717) is 27.4 Å². The number of ketones is 1. The molecule has 0 unspecified atom stereocenters. The van der Waals surface area contributed by atoms with Crippen LogP contribution < -0.4 is 5.32 Å². The minimum Gasteiger partial charge on any atom is -0.353 e. The third-order valence-corrected chi connectivity index (χ3v) is 4.12. The molecule has 1 aliphatic carbocycles. The fourth-order valence-electron chi connectivity index (χ4n) is 1.53.